The van der Waals surface area contributed by atoms with Gasteiger partial charge >= 0.3 is 6.03 Å². The van der Waals surface area contributed by atoms with Gasteiger partial charge in [-0.1, -0.05) is 42.5 Å². The molecule has 126 valence electrons. The highest BCUT2D eigenvalue weighted by atomic mass is 16.5. The fourth-order valence-electron chi connectivity index (χ4n) is 3.13. The number of ether oxygens (including phenoxy) is 1. The molecular weight excluding hydrogens is 300 g/mol. The lowest BCUT2D eigenvalue weighted by Gasteiger charge is -2.24. The molecule has 0 aliphatic carbocycles. The third kappa shape index (κ3) is 3.95. The number of carbonyl (C=O) groups is 1. The highest BCUT2D eigenvalue weighted by molar-refractivity contribution is 5.90. The monoisotopic (exact) mass is 324 g/mol. The summed E-state index contributed by atoms with van der Waals surface area (Å²) in [6, 6.07) is 18.3. The molecule has 0 aromatic heterocycles. The summed E-state index contributed by atoms with van der Waals surface area (Å²) in [5.41, 5.74) is 3.06. The van der Waals surface area contributed by atoms with E-state index in [1.54, 1.807) is 0 Å². The first-order valence-electron chi connectivity index (χ1n) is 8.59. The standard InChI is InChI=1S/C20H24N2O2/c1-2-24-15-19-12-7-13-22(19)20(23)21-18-11-6-10-17(14-18)16-8-4-3-5-9-16/h3-6,8-11,14,19H,2,7,12-13,15H2,1H3,(H,21,23). The highest BCUT2D eigenvalue weighted by Gasteiger charge is 2.28. The molecule has 2 aromatic carbocycles. The molecule has 1 atom stereocenters. The lowest BCUT2D eigenvalue weighted by Crippen LogP contribution is -2.41. The number of carbonyl (C=O) groups excluding carboxylic acids is 1. The normalized spacial score (nSPS) is 17.0. The third-order valence-electron chi connectivity index (χ3n) is 4.37. The van der Waals surface area contributed by atoms with Crippen LogP contribution in [0.5, 0.6) is 0 Å². The minimum Gasteiger partial charge on any atom is -0.380 e. The lowest BCUT2D eigenvalue weighted by molar-refractivity contribution is 0.0970. The van der Waals surface area contributed by atoms with Gasteiger partial charge in [-0.2, -0.15) is 0 Å². The van der Waals surface area contributed by atoms with Crippen molar-refractivity contribution < 1.29 is 9.53 Å². The number of rotatable bonds is 5. The van der Waals surface area contributed by atoms with Crippen molar-refractivity contribution in [2.45, 2.75) is 25.8 Å². The molecule has 4 nitrogen and oxygen atoms in total. The Kier molecular flexibility index (Phi) is 5.49. The zero-order valence-electron chi connectivity index (χ0n) is 14.1. The van der Waals surface area contributed by atoms with Crippen LogP contribution in [-0.4, -0.2) is 36.7 Å². The third-order valence-corrected chi connectivity index (χ3v) is 4.37. The maximum absolute atomic E-state index is 12.6. The molecule has 0 bridgehead atoms. The molecule has 4 heteroatoms. The molecule has 1 unspecified atom stereocenters. The van der Waals surface area contributed by atoms with Crippen LogP contribution in [0.25, 0.3) is 11.1 Å². The predicted octanol–water partition coefficient (Wildman–Crippen LogP) is 4.39. The van der Waals surface area contributed by atoms with Crippen LogP contribution in [0.3, 0.4) is 0 Å². The van der Waals surface area contributed by atoms with Crippen LogP contribution in [0.2, 0.25) is 0 Å². The summed E-state index contributed by atoms with van der Waals surface area (Å²) in [5, 5.41) is 3.03. The number of likely N-dealkylation sites (tertiary alicyclic amines) is 1. The molecule has 2 aromatic rings. The Bertz CT molecular complexity index is 672. The second-order valence-corrected chi connectivity index (χ2v) is 6.03. The van der Waals surface area contributed by atoms with Gasteiger partial charge in [0, 0.05) is 18.8 Å². The van der Waals surface area contributed by atoms with Crippen LogP contribution in [0, 0.1) is 0 Å². The van der Waals surface area contributed by atoms with E-state index in [1.807, 2.05) is 48.2 Å². The quantitative estimate of drug-likeness (QED) is 0.886. The van der Waals surface area contributed by atoms with Crippen LogP contribution in [0.15, 0.2) is 54.6 Å². The molecule has 1 saturated heterocycles. The van der Waals surface area contributed by atoms with Crippen molar-refractivity contribution in [1.29, 1.82) is 0 Å². The van der Waals surface area contributed by atoms with E-state index >= 15 is 0 Å². The minimum absolute atomic E-state index is 0.0394. The second kappa shape index (κ2) is 7.97. The van der Waals surface area contributed by atoms with E-state index < -0.39 is 0 Å². The summed E-state index contributed by atoms with van der Waals surface area (Å²) < 4.78 is 5.50. The molecule has 2 amide bonds. The van der Waals surface area contributed by atoms with Gasteiger partial charge in [0.25, 0.3) is 0 Å². The maximum atomic E-state index is 12.6. The molecule has 24 heavy (non-hydrogen) atoms. The van der Waals surface area contributed by atoms with Crippen LogP contribution in [-0.2, 0) is 4.74 Å². The van der Waals surface area contributed by atoms with Gasteiger partial charge in [-0.3, -0.25) is 0 Å². The van der Waals surface area contributed by atoms with Crippen LogP contribution in [0.1, 0.15) is 19.8 Å². The molecular formula is C20H24N2O2. The second-order valence-electron chi connectivity index (χ2n) is 6.03. The Balaban J connectivity index is 1.68. The van der Waals surface area contributed by atoms with Gasteiger partial charge in [0.05, 0.1) is 12.6 Å². The molecule has 1 N–H and O–H groups in total. The summed E-state index contributed by atoms with van der Waals surface area (Å²) in [5.74, 6) is 0. The van der Waals surface area contributed by atoms with E-state index in [2.05, 4.69) is 23.5 Å². The largest absolute Gasteiger partial charge is 0.380 e. The molecule has 1 aliphatic rings. The summed E-state index contributed by atoms with van der Waals surface area (Å²) in [6.45, 7) is 4.08. The summed E-state index contributed by atoms with van der Waals surface area (Å²) in [6.07, 6.45) is 2.05. The van der Waals surface area contributed by atoms with E-state index in [9.17, 15) is 4.79 Å². The average molecular weight is 324 g/mol. The number of amides is 2. The van der Waals surface area contributed by atoms with Gasteiger partial charge in [0.1, 0.15) is 0 Å². The van der Waals surface area contributed by atoms with E-state index in [0.717, 1.165) is 36.2 Å². The molecule has 0 spiro atoms. The Hall–Kier alpha value is -2.33. The number of hydrogen-bond acceptors (Lipinski definition) is 2. The Morgan fingerprint density at radius 3 is 2.75 bits per heavy atom. The fraction of sp³-hybridized carbons (Fsp3) is 0.350. The number of nitrogens with one attached hydrogen (secondary N) is 1. The number of anilines is 1. The van der Waals surface area contributed by atoms with Crippen molar-refractivity contribution in [3.8, 4) is 11.1 Å². The Labute approximate surface area is 143 Å². The molecule has 1 heterocycles. The number of benzene rings is 2. The van der Waals surface area contributed by atoms with Crippen molar-refractivity contribution in [3.05, 3.63) is 54.6 Å². The first kappa shape index (κ1) is 16.5. The van der Waals surface area contributed by atoms with Gasteiger partial charge in [-0.25, -0.2) is 4.79 Å². The molecule has 0 saturated carbocycles. The maximum Gasteiger partial charge on any atom is 0.322 e. The van der Waals surface area contributed by atoms with Crippen LogP contribution >= 0.6 is 0 Å². The van der Waals surface area contributed by atoms with E-state index in [1.165, 1.54) is 0 Å². The van der Waals surface area contributed by atoms with Crippen molar-refractivity contribution in [2.24, 2.45) is 0 Å². The van der Waals surface area contributed by atoms with Gasteiger partial charge in [0.2, 0.25) is 0 Å². The SMILES string of the molecule is CCOCC1CCCN1C(=O)Nc1cccc(-c2ccccc2)c1. The first-order chi connectivity index (χ1) is 11.8. The number of nitrogens with zero attached hydrogens (tertiary/aromatic N) is 1. The zero-order valence-corrected chi connectivity index (χ0v) is 14.1. The van der Waals surface area contributed by atoms with Crippen molar-refractivity contribution in [2.75, 3.05) is 25.1 Å². The Morgan fingerprint density at radius 2 is 1.96 bits per heavy atom. The molecule has 0 radical (unpaired) electrons. The van der Waals surface area contributed by atoms with Gasteiger partial charge in [-0.05, 0) is 43.0 Å². The van der Waals surface area contributed by atoms with Crippen LogP contribution in [0.4, 0.5) is 10.5 Å². The number of urea groups is 1. The van der Waals surface area contributed by atoms with Crippen molar-refractivity contribution in [1.82, 2.24) is 4.90 Å². The highest BCUT2D eigenvalue weighted by Crippen LogP contribution is 2.24. The molecule has 3 rings (SSSR count). The zero-order chi connectivity index (χ0) is 16.8. The predicted molar refractivity (Wildman–Crippen MR) is 97.1 cm³/mol. The lowest BCUT2D eigenvalue weighted by atomic mass is 10.1. The first-order valence-corrected chi connectivity index (χ1v) is 8.59. The fourth-order valence-corrected chi connectivity index (χ4v) is 3.13. The minimum atomic E-state index is -0.0394. The van der Waals surface area contributed by atoms with Gasteiger partial charge in [-0.15, -0.1) is 0 Å². The smallest absolute Gasteiger partial charge is 0.322 e. The molecule has 1 fully saturated rings. The van der Waals surface area contributed by atoms with Gasteiger partial charge < -0.3 is 15.0 Å². The number of hydrogen-bond donors (Lipinski definition) is 1. The van der Waals surface area contributed by atoms with Gasteiger partial charge in [0.15, 0.2) is 0 Å². The summed E-state index contributed by atoms with van der Waals surface area (Å²) in [4.78, 5) is 14.5. The van der Waals surface area contributed by atoms with Crippen molar-refractivity contribution >= 4 is 11.7 Å². The Morgan fingerprint density at radius 1 is 1.17 bits per heavy atom. The average Bonchev–Trinajstić information content (AvgIpc) is 3.09. The topological polar surface area (TPSA) is 41.6 Å². The van der Waals surface area contributed by atoms with E-state index in [4.69, 9.17) is 4.74 Å². The van der Waals surface area contributed by atoms with E-state index in [-0.39, 0.29) is 12.1 Å². The summed E-state index contributed by atoms with van der Waals surface area (Å²) in [7, 11) is 0. The molecule has 1 aliphatic heterocycles. The van der Waals surface area contributed by atoms with Crippen molar-refractivity contribution in [3.63, 3.8) is 0 Å². The summed E-state index contributed by atoms with van der Waals surface area (Å²) >= 11 is 0. The van der Waals surface area contributed by atoms with Crippen LogP contribution < -0.4 is 5.32 Å². The van der Waals surface area contributed by atoms with E-state index in [0.29, 0.717) is 13.2 Å².